The number of rotatable bonds is 5. The van der Waals surface area contributed by atoms with E-state index in [2.05, 4.69) is 22.5 Å². The molecule has 1 aromatic heterocycles. The number of hydrogen-bond donors (Lipinski definition) is 3. The molecule has 2 unspecified atom stereocenters. The second-order valence-electron chi connectivity index (χ2n) is 5.32. The molecule has 0 spiro atoms. The van der Waals surface area contributed by atoms with E-state index in [0.29, 0.717) is 10.9 Å². The first-order valence-electron chi connectivity index (χ1n) is 7.32. The highest BCUT2D eigenvalue weighted by atomic mass is 32.1. The fourth-order valence-corrected chi connectivity index (χ4v) is 3.46. The minimum absolute atomic E-state index is 0.0236. The third kappa shape index (κ3) is 4.42. The van der Waals surface area contributed by atoms with Gasteiger partial charge in [-0.25, -0.2) is 14.6 Å². The maximum Gasteiger partial charge on any atom is 0.355 e. The molecule has 0 aromatic carbocycles. The van der Waals surface area contributed by atoms with Crippen molar-refractivity contribution in [2.45, 2.75) is 51.6 Å². The van der Waals surface area contributed by atoms with E-state index in [1.165, 1.54) is 29.6 Å². The fourth-order valence-electron chi connectivity index (χ4n) is 2.75. The van der Waals surface area contributed by atoms with Gasteiger partial charge in [0.1, 0.15) is 5.01 Å². The van der Waals surface area contributed by atoms with Gasteiger partial charge in [0.25, 0.3) is 0 Å². The van der Waals surface area contributed by atoms with Gasteiger partial charge in [0.2, 0.25) is 0 Å². The molecule has 2 rings (SSSR count). The topological polar surface area (TPSA) is 91.3 Å². The summed E-state index contributed by atoms with van der Waals surface area (Å²) in [6.07, 6.45) is 5.70. The van der Waals surface area contributed by atoms with E-state index in [-0.39, 0.29) is 24.3 Å². The quantitative estimate of drug-likeness (QED) is 0.779. The Bertz CT molecular complexity index is 503. The van der Waals surface area contributed by atoms with Crippen LogP contribution in [0.2, 0.25) is 0 Å². The van der Waals surface area contributed by atoms with Crippen molar-refractivity contribution in [1.29, 1.82) is 0 Å². The molecule has 3 N–H and O–H groups in total. The van der Waals surface area contributed by atoms with Crippen molar-refractivity contribution in [3.63, 3.8) is 0 Å². The lowest BCUT2D eigenvalue weighted by atomic mass is 9.83. The highest BCUT2D eigenvalue weighted by Gasteiger charge is 2.24. The molecule has 2 amide bonds. The lowest BCUT2D eigenvalue weighted by Crippen LogP contribution is -2.46. The Kier molecular flexibility index (Phi) is 5.55. The summed E-state index contributed by atoms with van der Waals surface area (Å²) >= 11 is 1.24. The lowest BCUT2D eigenvalue weighted by Gasteiger charge is -2.31. The summed E-state index contributed by atoms with van der Waals surface area (Å²) in [4.78, 5) is 26.6. The number of aromatic carboxylic acids is 1. The molecular formula is C14H21N3O3S. The highest BCUT2D eigenvalue weighted by Crippen LogP contribution is 2.26. The van der Waals surface area contributed by atoms with Crippen LogP contribution in [0.25, 0.3) is 0 Å². The number of carbonyl (C=O) groups is 2. The van der Waals surface area contributed by atoms with Gasteiger partial charge in [0.05, 0.1) is 6.54 Å². The Morgan fingerprint density at radius 1 is 1.43 bits per heavy atom. The van der Waals surface area contributed by atoms with Gasteiger partial charge in [-0.1, -0.05) is 26.2 Å². The standard InChI is InChI=1S/C14H21N3O3S/c1-2-9-5-3-4-6-10(9)17-14(20)15-7-12-16-11(8-21-12)13(18)19/h8-10H,2-7H2,1H3,(H,18,19)(H2,15,17,20). The van der Waals surface area contributed by atoms with Gasteiger partial charge >= 0.3 is 12.0 Å². The van der Waals surface area contributed by atoms with Crippen molar-refractivity contribution in [1.82, 2.24) is 15.6 Å². The van der Waals surface area contributed by atoms with Crippen LogP contribution < -0.4 is 10.6 Å². The zero-order valence-corrected chi connectivity index (χ0v) is 12.9. The molecule has 1 fully saturated rings. The molecule has 0 aliphatic heterocycles. The Morgan fingerprint density at radius 3 is 2.86 bits per heavy atom. The summed E-state index contributed by atoms with van der Waals surface area (Å²) in [5.41, 5.74) is 0.0236. The van der Waals surface area contributed by atoms with Crippen molar-refractivity contribution in [3.8, 4) is 0 Å². The highest BCUT2D eigenvalue weighted by molar-refractivity contribution is 7.09. The number of nitrogens with zero attached hydrogens (tertiary/aromatic N) is 1. The number of carboxylic acid groups (broad SMARTS) is 1. The average molecular weight is 311 g/mol. The Hall–Kier alpha value is -1.63. The van der Waals surface area contributed by atoms with Gasteiger partial charge in [-0.2, -0.15) is 0 Å². The Morgan fingerprint density at radius 2 is 2.19 bits per heavy atom. The van der Waals surface area contributed by atoms with Crippen LogP contribution in [0.3, 0.4) is 0 Å². The number of aromatic nitrogens is 1. The number of hydrogen-bond acceptors (Lipinski definition) is 4. The van der Waals surface area contributed by atoms with Crippen LogP contribution in [-0.2, 0) is 6.54 Å². The van der Waals surface area contributed by atoms with Crippen LogP contribution in [0, 0.1) is 5.92 Å². The molecule has 6 nitrogen and oxygen atoms in total. The van der Waals surface area contributed by atoms with E-state index in [9.17, 15) is 9.59 Å². The van der Waals surface area contributed by atoms with Crippen LogP contribution >= 0.6 is 11.3 Å². The van der Waals surface area contributed by atoms with E-state index in [0.717, 1.165) is 19.3 Å². The van der Waals surface area contributed by atoms with Gasteiger partial charge in [-0.3, -0.25) is 0 Å². The fraction of sp³-hybridized carbons (Fsp3) is 0.643. The smallest absolute Gasteiger partial charge is 0.355 e. The summed E-state index contributed by atoms with van der Waals surface area (Å²) in [7, 11) is 0. The number of carbonyl (C=O) groups excluding carboxylic acids is 1. The van der Waals surface area contributed by atoms with E-state index in [1.54, 1.807) is 0 Å². The molecule has 0 bridgehead atoms. The molecule has 116 valence electrons. The summed E-state index contributed by atoms with van der Waals surface area (Å²) in [6.45, 7) is 2.42. The number of nitrogens with one attached hydrogen (secondary N) is 2. The van der Waals surface area contributed by atoms with Crippen LogP contribution in [0.4, 0.5) is 4.79 Å². The van der Waals surface area contributed by atoms with E-state index in [1.807, 2.05) is 0 Å². The molecule has 0 saturated heterocycles. The Labute approximate surface area is 128 Å². The average Bonchev–Trinajstić information content (AvgIpc) is 2.95. The first-order chi connectivity index (χ1) is 10.1. The molecule has 1 saturated carbocycles. The summed E-state index contributed by atoms with van der Waals surface area (Å²) in [5.74, 6) is -0.488. The van der Waals surface area contributed by atoms with Crippen LogP contribution in [-0.4, -0.2) is 28.1 Å². The second kappa shape index (κ2) is 7.40. The van der Waals surface area contributed by atoms with E-state index in [4.69, 9.17) is 5.11 Å². The molecule has 2 atom stereocenters. The number of urea groups is 1. The largest absolute Gasteiger partial charge is 0.476 e. The SMILES string of the molecule is CCC1CCCCC1NC(=O)NCc1nc(C(=O)O)cs1. The molecule has 1 aliphatic rings. The van der Waals surface area contributed by atoms with Crippen molar-refractivity contribution >= 4 is 23.3 Å². The summed E-state index contributed by atoms with van der Waals surface area (Å²) < 4.78 is 0. The monoisotopic (exact) mass is 311 g/mol. The maximum absolute atomic E-state index is 11.9. The molecule has 1 aliphatic carbocycles. The van der Waals surface area contributed by atoms with Crippen LogP contribution in [0.15, 0.2) is 5.38 Å². The summed E-state index contributed by atoms with van der Waals surface area (Å²) in [5, 5.41) is 16.6. The zero-order valence-electron chi connectivity index (χ0n) is 12.1. The normalized spacial score (nSPS) is 21.8. The van der Waals surface area contributed by atoms with Crippen LogP contribution in [0.1, 0.15) is 54.5 Å². The summed E-state index contributed by atoms with van der Waals surface area (Å²) in [6, 6.07) is 0.0436. The molecule has 0 radical (unpaired) electrons. The van der Waals surface area contributed by atoms with Crippen molar-refractivity contribution in [2.75, 3.05) is 0 Å². The third-order valence-electron chi connectivity index (χ3n) is 3.92. The molecule has 1 aromatic rings. The zero-order chi connectivity index (χ0) is 15.2. The van der Waals surface area contributed by atoms with Gasteiger partial charge in [-0.15, -0.1) is 11.3 Å². The van der Waals surface area contributed by atoms with Gasteiger partial charge in [0, 0.05) is 11.4 Å². The molecule has 21 heavy (non-hydrogen) atoms. The molecular weight excluding hydrogens is 290 g/mol. The number of thiazole rings is 1. The first kappa shape index (κ1) is 15.8. The first-order valence-corrected chi connectivity index (χ1v) is 8.20. The number of amides is 2. The van der Waals surface area contributed by atoms with Crippen molar-refractivity contribution < 1.29 is 14.7 Å². The predicted molar refractivity (Wildman–Crippen MR) is 80.5 cm³/mol. The minimum atomic E-state index is -1.05. The lowest BCUT2D eigenvalue weighted by molar-refractivity contribution is 0.0691. The third-order valence-corrected chi connectivity index (χ3v) is 4.77. The van der Waals surface area contributed by atoms with Gasteiger partial charge in [0.15, 0.2) is 5.69 Å². The minimum Gasteiger partial charge on any atom is -0.476 e. The maximum atomic E-state index is 11.9. The van der Waals surface area contributed by atoms with Gasteiger partial charge < -0.3 is 15.7 Å². The van der Waals surface area contributed by atoms with Gasteiger partial charge in [-0.05, 0) is 18.8 Å². The molecule has 7 heteroatoms. The van der Waals surface area contributed by atoms with Crippen molar-refractivity contribution in [3.05, 3.63) is 16.1 Å². The molecule has 1 heterocycles. The Balaban J connectivity index is 1.79. The van der Waals surface area contributed by atoms with Crippen LogP contribution in [0.5, 0.6) is 0 Å². The number of carboxylic acids is 1. The van der Waals surface area contributed by atoms with Crippen molar-refractivity contribution in [2.24, 2.45) is 5.92 Å². The second-order valence-corrected chi connectivity index (χ2v) is 6.26. The van der Waals surface area contributed by atoms with E-state index >= 15 is 0 Å². The predicted octanol–water partition coefficient (Wildman–Crippen LogP) is 2.61. The van der Waals surface area contributed by atoms with E-state index < -0.39 is 5.97 Å².